The second-order valence-electron chi connectivity index (χ2n) is 13.3. The van der Waals surface area contributed by atoms with Crippen LogP contribution in [0.2, 0.25) is 0 Å². The average molecular weight is 539 g/mol. The summed E-state index contributed by atoms with van der Waals surface area (Å²) in [7, 11) is 1.85. The lowest BCUT2D eigenvalue weighted by Crippen LogP contribution is -2.54. The smallest absolute Gasteiger partial charge is 0.311 e. The highest BCUT2D eigenvalue weighted by Crippen LogP contribution is 2.68. The minimum atomic E-state index is -1.69. The Bertz CT molecular complexity index is 1040. The molecule has 38 heavy (non-hydrogen) atoms. The summed E-state index contributed by atoms with van der Waals surface area (Å²) in [6.07, 6.45) is 11.9. The van der Waals surface area contributed by atoms with E-state index in [2.05, 4.69) is 20.8 Å². The lowest BCUT2D eigenvalue weighted by Gasteiger charge is -2.61. The van der Waals surface area contributed by atoms with Gasteiger partial charge in [-0.3, -0.25) is 4.79 Å². The van der Waals surface area contributed by atoms with Crippen molar-refractivity contribution in [2.24, 2.45) is 46.3 Å². The quantitative estimate of drug-likeness (QED) is 0.158. The molecular weight excluding hydrogens is 496 g/mol. The van der Waals surface area contributed by atoms with Crippen LogP contribution < -0.4 is 4.74 Å². The lowest BCUT2D eigenvalue weighted by molar-refractivity contribution is -0.136. The third-order valence-electron chi connectivity index (χ3n) is 11.8. The van der Waals surface area contributed by atoms with Gasteiger partial charge < -0.3 is 9.47 Å². The summed E-state index contributed by atoms with van der Waals surface area (Å²) in [5, 5.41) is 0. The van der Waals surface area contributed by atoms with E-state index in [-0.39, 0.29) is 23.8 Å². The number of halogens is 4. The normalized spacial score (nSPS) is 39.2. The van der Waals surface area contributed by atoms with Gasteiger partial charge in [0.2, 0.25) is 17.4 Å². The van der Waals surface area contributed by atoms with Crippen molar-refractivity contribution in [3.63, 3.8) is 0 Å². The lowest BCUT2D eigenvalue weighted by atomic mass is 9.44. The molecule has 1 aromatic rings. The minimum Gasteiger partial charge on any atom is -0.420 e. The van der Waals surface area contributed by atoms with Gasteiger partial charge in [0.25, 0.3) is 0 Å². The fourth-order valence-corrected chi connectivity index (χ4v) is 9.76. The zero-order valence-electron chi connectivity index (χ0n) is 23.1. The predicted octanol–water partition coefficient (Wildman–Crippen LogP) is 8.24. The topological polar surface area (TPSA) is 35.5 Å². The molecule has 7 heteroatoms. The predicted molar refractivity (Wildman–Crippen MR) is 136 cm³/mol. The van der Waals surface area contributed by atoms with Gasteiger partial charge in [-0.1, -0.05) is 20.8 Å². The zero-order valence-corrected chi connectivity index (χ0v) is 23.1. The maximum Gasteiger partial charge on any atom is 0.311 e. The van der Waals surface area contributed by atoms with Crippen LogP contribution in [0.15, 0.2) is 6.07 Å². The average Bonchev–Trinajstić information content (AvgIpc) is 3.25. The number of carbonyl (C=O) groups is 1. The van der Waals surface area contributed by atoms with Gasteiger partial charge in [-0.2, -0.15) is 8.78 Å². The van der Waals surface area contributed by atoms with Crippen molar-refractivity contribution in [1.29, 1.82) is 0 Å². The van der Waals surface area contributed by atoms with E-state index in [1.165, 1.54) is 51.4 Å². The highest BCUT2D eigenvalue weighted by atomic mass is 19.2. The summed E-state index contributed by atoms with van der Waals surface area (Å²) >= 11 is 0. The van der Waals surface area contributed by atoms with Gasteiger partial charge in [-0.25, -0.2) is 8.78 Å². The molecule has 9 atom stereocenters. The zero-order chi connectivity index (χ0) is 27.4. The fraction of sp³-hybridized carbons (Fsp3) is 0.774. The van der Waals surface area contributed by atoms with Crippen molar-refractivity contribution >= 4 is 5.97 Å². The maximum absolute atomic E-state index is 13.9. The van der Waals surface area contributed by atoms with Crippen LogP contribution in [0.4, 0.5) is 17.6 Å². The SMILES string of the molecule is CO[C@@H]1CC[C@@]2(C)C(CC[C@H]3[C@@H]4CC[C@H]([C@H](C)CCC(=O)Oc5c(F)c(F)cc(F)c5F)[C@@]4(C)CC[C@@H]32)C1. The Morgan fingerprint density at radius 2 is 1.61 bits per heavy atom. The van der Waals surface area contributed by atoms with Crippen molar-refractivity contribution in [3.8, 4) is 5.75 Å². The van der Waals surface area contributed by atoms with Crippen molar-refractivity contribution in [2.75, 3.05) is 7.11 Å². The largest absolute Gasteiger partial charge is 0.420 e. The number of fused-ring (bicyclic) bond motifs is 5. The van der Waals surface area contributed by atoms with Gasteiger partial charge in [0, 0.05) is 19.6 Å². The van der Waals surface area contributed by atoms with E-state index in [0.717, 1.165) is 24.2 Å². The first kappa shape index (κ1) is 27.9. The Labute approximate surface area is 224 Å². The molecule has 0 heterocycles. The van der Waals surface area contributed by atoms with Crippen LogP contribution >= 0.6 is 0 Å². The number of carbonyl (C=O) groups excluding carboxylic acids is 1. The van der Waals surface area contributed by atoms with Gasteiger partial charge in [-0.15, -0.1) is 0 Å². The minimum absolute atomic E-state index is 0.0537. The van der Waals surface area contributed by atoms with Gasteiger partial charge in [-0.05, 0) is 111 Å². The van der Waals surface area contributed by atoms with Gasteiger partial charge in [0.1, 0.15) is 0 Å². The Balaban J connectivity index is 1.22. The molecule has 3 nitrogen and oxygen atoms in total. The second kappa shape index (κ2) is 10.4. The van der Waals surface area contributed by atoms with E-state index in [1.807, 2.05) is 7.11 Å². The Hall–Kier alpha value is -1.63. The highest BCUT2D eigenvalue weighted by molar-refractivity contribution is 5.72. The van der Waals surface area contributed by atoms with Crippen molar-refractivity contribution in [1.82, 2.24) is 0 Å². The van der Waals surface area contributed by atoms with Crippen LogP contribution in [0.25, 0.3) is 0 Å². The summed E-state index contributed by atoms with van der Waals surface area (Å²) in [6.45, 7) is 7.17. The first-order valence-corrected chi connectivity index (χ1v) is 14.6. The third-order valence-corrected chi connectivity index (χ3v) is 11.8. The van der Waals surface area contributed by atoms with Crippen LogP contribution in [0.1, 0.15) is 91.4 Å². The molecule has 1 unspecified atom stereocenters. The summed E-state index contributed by atoms with van der Waals surface area (Å²) < 4.78 is 65.3. The third kappa shape index (κ3) is 4.58. The molecular formula is C31H42F4O3. The van der Waals surface area contributed by atoms with E-state index in [9.17, 15) is 22.4 Å². The van der Waals surface area contributed by atoms with E-state index < -0.39 is 35.0 Å². The molecule has 0 amide bonds. The molecule has 1 aromatic carbocycles. The van der Waals surface area contributed by atoms with Gasteiger partial charge in [0.05, 0.1) is 6.10 Å². The molecule has 5 rings (SSSR count). The molecule has 4 aliphatic rings. The van der Waals surface area contributed by atoms with Crippen LogP contribution in [-0.4, -0.2) is 19.2 Å². The van der Waals surface area contributed by atoms with Crippen LogP contribution in [-0.2, 0) is 9.53 Å². The number of hydrogen-bond donors (Lipinski definition) is 0. The molecule has 4 fully saturated rings. The van der Waals surface area contributed by atoms with Crippen LogP contribution in [0.5, 0.6) is 5.75 Å². The maximum atomic E-state index is 13.9. The molecule has 0 radical (unpaired) electrons. The van der Waals surface area contributed by atoms with E-state index >= 15 is 0 Å². The second-order valence-corrected chi connectivity index (χ2v) is 13.3. The Morgan fingerprint density at radius 1 is 0.947 bits per heavy atom. The summed E-state index contributed by atoms with van der Waals surface area (Å²) in [5.74, 6) is -5.04. The number of rotatable bonds is 6. The molecule has 0 aromatic heterocycles. The van der Waals surface area contributed by atoms with Crippen LogP contribution in [0.3, 0.4) is 0 Å². The number of benzene rings is 1. The molecule has 0 N–H and O–H groups in total. The Kier molecular flexibility index (Phi) is 7.64. The van der Waals surface area contributed by atoms with Gasteiger partial charge in [0.15, 0.2) is 11.6 Å². The number of ether oxygens (including phenoxy) is 2. The Morgan fingerprint density at radius 3 is 2.29 bits per heavy atom. The van der Waals surface area contributed by atoms with Gasteiger partial charge >= 0.3 is 5.97 Å². The molecule has 0 spiro atoms. The van der Waals surface area contributed by atoms with E-state index in [4.69, 9.17) is 9.47 Å². The fourth-order valence-electron chi connectivity index (χ4n) is 9.76. The number of methoxy groups -OCH3 is 1. The highest BCUT2D eigenvalue weighted by Gasteiger charge is 2.60. The summed E-state index contributed by atoms with van der Waals surface area (Å²) in [6, 6.07) is 0.105. The molecule has 0 saturated heterocycles. The monoisotopic (exact) mass is 538 g/mol. The molecule has 212 valence electrons. The van der Waals surface area contributed by atoms with Crippen molar-refractivity contribution < 1.29 is 31.8 Å². The standard InChI is InChI=1S/C31H42F4O3/c1-17(5-10-26(36)38-29-27(34)24(32)16-25(33)28(29)35)21-8-9-22-20-7-6-18-15-19(37-4)11-13-30(18,2)23(20)12-14-31(21,22)3/h16-23H,5-15H2,1-4H3/t17-,18?,19-,20+,21-,22+,23+,30+,31-/m1/s1. The summed E-state index contributed by atoms with van der Waals surface area (Å²) in [4.78, 5) is 12.4. The van der Waals surface area contributed by atoms with Crippen LogP contribution in [0, 0.1) is 69.6 Å². The molecule has 0 aliphatic heterocycles. The number of hydrogen-bond acceptors (Lipinski definition) is 3. The molecule has 4 saturated carbocycles. The van der Waals surface area contributed by atoms with Crippen molar-refractivity contribution in [3.05, 3.63) is 29.3 Å². The van der Waals surface area contributed by atoms with E-state index in [1.54, 1.807) is 0 Å². The summed E-state index contributed by atoms with van der Waals surface area (Å²) in [5.41, 5.74) is 0.634. The first-order chi connectivity index (χ1) is 18.0. The molecule has 4 aliphatic carbocycles. The first-order valence-electron chi connectivity index (χ1n) is 14.6. The number of esters is 1. The van der Waals surface area contributed by atoms with Crippen molar-refractivity contribution in [2.45, 2.75) is 97.5 Å². The van der Waals surface area contributed by atoms with E-state index in [0.29, 0.717) is 29.8 Å². The molecule has 0 bridgehead atoms.